The average molecular weight is 318 g/mol. The second-order valence-corrected chi connectivity index (χ2v) is 4.98. The van der Waals surface area contributed by atoms with Crippen molar-refractivity contribution in [2.75, 3.05) is 0 Å². The number of nitrogens with one attached hydrogen (secondary N) is 3. The van der Waals surface area contributed by atoms with Crippen molar-refractivity contribution in [2.45, 2.75) is 19.9 Å². The number of rotatable bonds is 2. The molecule has 6 nitrogen and oxygen atoms in total. The van der Waals surface area contributed by atoms with E-state index >= 15 is 0 Å². The highest BCUT2D eigenvalue weighted by Gasteiger charge is 2.15. The lowest BCUT2D eigenvalue weighted by molar-refractivity contribution is -0.139. The molecule has 0 unspecified atom stereocenters. The van der Waals surface area contributed by atoms with Crippen LogP contribution in [-0.2, 0) is 9.59 Å². The molecule has 8 heteroatoms. The van der Waals surface area contributed by atoms with Crippen molar-refractivity contribution in [1.29, 1.82) is 0 Å². The van der Waals surface area contributed by atoms with Crippen LogP contribution in [0.2, 0.25) is 10.0 Å². The van der Waals surface area contributed by atoms with Crippen molar-refractivity contribution >= 4 is 40.9 Å². The molecule has 0 aliphatic carbocycles. The van der Waals surface area contributed by atoms with E-state index < -0.39 is 17.7 Å². The van der Waals surface area contributed by atoms with Crippen LogP contribution in [-0.4, -0.2) is 23.8 Å². The lowest BCUT2D eigenvalue weighted by atomic mass is 10.2. The summed E-state index contributed by atoms with van der Waals surface area (Å²) in [5, 5.41) is 2.90. The summed E-state index contributed by atoms with van der Waals surface area (Å²) >= 11 is 11.5. The highest BCUT2D eigenvalue weighted by molar-refractivity contribution is 6.42. The number of hydrazine groups is 1. The number of hydrogen-bond donors (Lipinski definition) is 3. The number of hydrogen-bond acceptors (Lipinski definition) is 3. The standard InChI is InChI=1S/C12H13Cl2N3O3/c1-6(2)15-11(19)12(20)17-16-10(18)7-3-4-8(13)9(14)5-7/h3-6H,1-2H3,(H,15,19)(H,16,18)(H,17,20). The Morgan fingerprint density at radius 1 is 1.00 bits per heavy atom. The molecule has 0 aliphatic heterocycles. The highest BCUT2D eigenvalue weighted by Crippen LogP contribution is 2.22. The van der Waals surface area contributed by atoms with Gasteiger partial charge in [0.15, 0.2) is 0 Å². The van der Waals surface area contributed by atoms with E-state index in [-0.39, 0.29) is 16.6 Å². The normalized spacial score (nSPS) is 10.1. The topological polar surface area (TPSA) is 87.3 Å². The van der Waals surface area contributed by atoms with E-state index in [2.05, 4.69) is 10.7 Å². The predicted octanol–water partition coefficient (Wildman–Crippen LogP) is 1.28. The maximum atomic E-state index is 11.7. The van der Waals surface area contributed by atoms with Crippen molar-refractivity contribution in [1.82, 2.24) is 16.2 Å². The smallest absolute Gasteiger partial charge is 0.327 e. The first kappa shape index (κ1) is 16.3. The number of carbonyl (C=O) groups excluding carboxylic acids is 3. The molecule has 0 saturated heterocycles. The van der Waals surface area contributed by atoms with Gasteiger partial charge in [-0.05, 0) is 32.0 Å². The number of amides is 3. The summed E-state index contributed by atoms with van der Waals surface area (Å²) in [6, 6.07) is 4.05. The van der Waals surface area contributed by atoms with Gasteiger partial charge in [-0.1, -0.05) is 23.2 Å². The maximum Gasteiger partial charge on any atom is 0.327 e. The molecule has 0 heterocycles. The summed E-state index contributed by atoms with van der Waals surface area (Å²) in [7, 11) is 0. The first-order valence-electron chi connectivity index (χ1n) is 5.67. The lowest BCUT2D eigenvalue weighted by Crippen LogP contribution is -2.49. The Morgan fingerprint density at radius 2 is 1.65 bits per heavy atom. The second-order valence-electron chi connectivity index (χ2n) is 4.17. The third kappa shape index (κ3) is 4.71. The van der Waals surface area contributed by atoms with E-state index in [1.54, 1.807) is 13.8 Å². The van der Waals surface area contributed by atoms with Gasteiger partial charge in [-0.25, -0.2) is 0 Å². The van der Waals surface area contributed by atoms with Gasteiger partial charge in [-0.2, -0.15) is 0 Å². The van der Waals surface area contributed by atoms with Crippen LogP contribution in [0.3, 0.4) is 0 Å². The zero-order chi connectivity index (χ0) is 15.3. The first-order valence-corrected chi connectivity index (χ1v) is 6.43. The van der Waals surface area contributed by atoms with Gasteiger partial charge in [0, 0.05) is 11.6 Å². The monoisotopic (exact) mass is 317 g/mol. The summed E-state index contributed by atoms with van der Waals surface area (Å²) in [4.78, 5) is 34.3. The molecule has 0 fully saturated rings. The fourth-order valence-electron chi connectivity index (χ4n) is 1.21. The van der Waals surface area contributed by atoms with Crippen LogP contribution in [0.15, 0.2) is 18.2 Å². The number of halogens is 2. The quantitative estimate of drug-likeness (QED) is 0.567. The van der Waals surface area contributed by atoms with Gasteiger partial charge in [0.1, 0.15) is 0 Å². The highest BCUT2D eigenvalue weighted by atomic mass is 35.5. The number of benzene rings is 1. The van der Waals surface area contributed by atoms with E-state index in [9.17, 15) is 14.4 Å². The molecule has 3 N–H and O–H groups in total. The summed E-state index contributed by atoms with van der Waals surface area (Å²) in [5.74, 6) is -2.42. The molecule has 20 heavy (non-hydrogen) atoms. The van der Waals surface area contributed by atoms with Crippen molar-refractivity contribution < 1.29 is 14.4 Å². The molecule has 3 amide bonds. The maximum absolute atomic E-state index is 11.7. The van der Waals surface area contributed by atoms with Crippen LogP contribution in [0.4, 0.5) is 0 Å². The minimum absolute atomic E-state index is 0.181. The summed E-state index contributed by atoms with van der Waals surface area (Å²) < 4.78 is 0. The molecule has 0 radical (unpaired) electrons. The fourth-order valence-corrected chi connectivity index (χ4v) is 1.51. The lowest BCUT2D eigenvalue weighted by Gasteiger charge is -2.10. The van der Waals surface area contributed by atoms with E-state index in [4.69, 9.17) is 23.2 Å². The third-order valence-electron chi connectivity index (χ3n) is 2.10. The zero-order valence-corrected chi connectivity index (χ0v) is 12.3. The molecule has 0 bridgehead atoms. The Kier molecular flexibility index (Phi) is 5.79. The van der Waals surface area contributed by atoms with Crippen LogP contribution >= 0.6 is 23.2 Å². The Morgan fingerprint density at radius 3 is 2.20 bits per heavy atom. The molecule has 1 aromatic carbocycles. The Bertz CT molecular complexity index is 547. The minimum Gasteiger partial charge on any atom is -0.346 e. The molecule has 1 aromatic rings. The van der Waals surface area contributed by atoms with Gasteiger partial charge in [-0.3, -0.25) is 25.2 Å². The van der Waals surface area contributed by atoms with Crippen LogP contribution in [0.25, 0.3) is 0 Å². The van der Waals surface area contributed by atoms with Crippen LogP contribution in [0.5, 0.6) is 0 Å². The average Bonchev–Trinajstić information content (AvgIpc) is 2.37. The van der Waals surface area contributed by atoms with Gasteiger partial charge >= 0.3 is 11.8 Å². The molecule has 0 spiro atoms. The van der Waals surface area contributed by atoms with E-state index in [1.807, 2.05) is 5.43 Å². The van der Waals surface area contributed by atoms with Crippen molar-refractivity contribution in [3.05, 3.63) is 33.8 Å². The molecule has 0 aliphatic rings. The van der Waals surface area contributed by atoms with Crippen LogP contribution in [0.1, 0.15) is 24.2 Å². The summed E-state index contributed by atoms with van der Waals surface area (Å²) in [6.07, 6.45) is 0. The van der Waals surface area contributed by atoms with E-state index in [0.29, 0.717) is 5.02 Å². The predicted molar refractivity (Wildman–Crippen MR) is 75.3 cm³/mol. The van der Waals surface area contributed by atoms with Crippen LogP contribution < -0.4 is 16.2 Å². The molecular weight excluding hydrogens is 305 g/mol. The third-order valence-corrected chi connectivity index (χ3v) is 2.84. The van der Waals surface area contributed by atoms with E-state index in [0.717, 1.165) is 0 Å². The molecular formula is C12H13Cl2N3O3. The van der Waals surface area contributed by atoms with Gasteiger partial charge in [0.2, 0.25) is 0 Å². The fraction of sp³-hybridized carbons (Fsp3) is 0.250. The molecule has 1 rings (SSSR count). The molecule has 0 saturated carbocycles. The second kappa shape index (κ2) is 7.12. The SMILES string of the molecule is CC(C)NC(=O)C(=O)NNC(=O)c1ccc(Cl)c(Cl)c1. The van der Waals surface area contributed by atoms with Gasteiger partial charge < -0.3 is 5.32 Å². The van der Waals surface area contributed by atoms with Crippen LogP contribution in [0, 0.1) is 0 Å². The largest absolute Gasteiger partial charge is 0.346 e. The summed E-state index contributed by atoms with van der Waals surface area (Å²) in [6.45, 7) is 3.42. The zero-order valence-electron chi connectivity index (χ0n) is 10.8. The summed E-state index contributed by atoms with van der Waals surface area (Å²) in [5.41, 5.74) is 4.29. The Labute approximate surface area is 125 Å². The van der Waals surface area contributed by atoms with Gasteiger partial charge in [0.05, 0.1) is 10.0 Å². The van der Waals surface area contributed by atoms with Crippen molar-refractivity contribution in [2.24, 2.45) is 0 Å². The molecule has 108 valence electrons. The van der Waals surface area contributed by atoms with Gasteiger partial charge in [0.25, 0.3) is 5.91 Å². The molecule has 0 aromatic heterocycles. The van der Waals surface area contributed by atoms with Gasteiger partial charge in [-0.15, -0.1) is 0 Å². The van der Waals surface area contributed by atoms with Crippen molar-refractivity contribution in [3.8, 4) is 0 Å². The Balaban J connectivity index is 2.57. The number of carbonyl (C=O) groups is 3. The minimum atomic E-state index is -0.966. The van der Waals surface area contributed by atoms with Crippen molar-refractivity contribution in [3.63, 3.8) is 0 Å². The van der Waals surface area contributed by atoms with E-state index in [1.165, 1.54) is 18.2 Å². The first-order chi connectivity index (χ1) is 9.31. The molecule has 0 atom stereocenters. The Hall–Kier alpha value is -1.79.